The summed E-state index contributed by atoms with van der Waals surface area (Å²) in [5.41, 5.74) is 3.16. The fourth-order valence-electron chi connectivity index (χ4n) is 5.64. The monoisotopic (exact) mass is 710 g/mol. The number of carbonyl (C=O) groups excluding carboxylic acids is 1. The molecule has 268 valence electrons. The molecular weight excluding hydrogens is 666 g/mol. The molecule has 0 spiro atoms. The van der Waals surface area contributed by atoms with Gasteiger partial charge in [0.05, 0.1) is 28.4 Å². The number of amides is 1. The third kappa shape index (κ3) is 9.55. The lowest BCUT2D eigenvalue weighted by Crippen LogP contribution is -2.40. The van der Waals surface area contributed by atoms with Crippen molar-refractivity contribution in [3.8, 4) is 23.0 Å². The molecule has 5 rings (SSSR count). The summed E-state index contributed by atoms with van der Waals surface area (Å²) in [7, 11) is 9.71. The van der Waals surface area contributed by atoms with E-state index >= 15 is 0 Å². The van der Waals surface area contributed by atoms with E-state index in [1.807, 2.05) is 47.4 Å². The minimum Gasteiger partial charge on any atom is -0.497 e. The van der Waals surface area contributed by atoms with Crippen molar-refractivity contribution in [2.45, 2.75) is 43.9 Å². The van der Waals surface area contributed by atoms with Gasteiger partial charge < -0.3 is 33.9 Å². The van der Waals surface area contributed by atoms with Crippen LogP contribution in [-0.4, -0.2) is 70.4 Å². The molecule has 2 heterocycles. The molecule has 0 saturated carbocycles. The number of anilines is 2. The van der Waals surface area contributed by atoms with Gasteiger partial charge in [-0.1, -0.05) is 12.1 Å². The van der Waals surface area contributed by atoms with Crippen LogP contribution in [0.5, 0.6) is 23.0 Å². The van der Waals surface area contributed by atoms with Gasteiger partial charge in [-0.15, -0.1) is 0 Å². The third-order valence-corrected chi connectivity index (χ3v) is 9.01. The molecule has 1 aromatic heterocycles. The SMILES string of the molecule is COC.COc1ccc(CN(Cc2ccc(OC)cc2OC)Sc2cc(NC(=O)C3CCCN3c3ccc(F)c(F)c3C)ccn2)c(OC)c1. The molecule has 4 aromatic rings. The first-order chi connectivity index (χ1) is 24.1. The highest BCUT2D eigenvalue weighted by Gasteiger charge is 2.32. The first-order valence-corrected chi connectivity index (χ1v) is 16.7. The molecule has 1 aliphatic rings. The second-order valence-electron chi connectivity index (χ2n) is 11.4. The molecule has 1 aliphatic heterocycles. The number of halogens is 2. The largest absolute Gasteiger partial charge is 0.497 e. The van der Waals surface area contributed by atoms with E-state index in [0.29, 0.717) is 65.5 Å². The Balaban J connectivity index is 0.00000181. The third-order valence-electron chi connectivity index (χ3n) is 8.08. The summed E-state index contributed by atoms with van der Waals surface area (Å²) in [6.07, 6.45) is 2.99. The van der Waals surface area contributed by atoms with Crippen molar-refractivity contribution in [1.29, 1.82) is 0 Å². The molecule has 0 radical (unpaired) electrons. The molecule has 50 heavy (non-hydrogen) atoms. The Morgan fingerprint density at radius 2 is 1.48 bits per heavy atom. The molecule has 1 N–H and O–H groups in total. The lowest BCUT2D eigenvalue weighted by atomic mass is 10.1. The summed E-state index contributed by atoms with van der Waals surface area (Å²) in [5, 5.41) is 3.67. The Morgan fingerprint density at radius 1 is 0.880 bits per heavy atom. The van der Waals surface area contributed by atoms with Crippen LogP contribution in [0.3, 0.4) is 0 Å². The predicted octanol–water partition coefficient (Wildman–Crippen LogP) is 7.28. The Bertz CT molecular complexity index is 1690. The van der Waals surface area contributed by atoms with E-state index in [1.54, 1.807) is 54.9 Å². The second kappa shape index (κ2) is 18.4. The summed E-state index contributed by atoms with van der Waals surface area (Å²) >= 11 is 1.42. The number of aromatic nitrogens is 1. The van der Waals surface area contributed by atoms with E-state index in [2.05, 4.69) is 19.3 Å². The number of ether oxygens (including phenoxy) is 5. The van der Waals surface area contributed by atoms with Gasteiger partial charge in [-0.05, 0) is 68.1 Å². The van der Waals surface area contributed by atoms with E-state index in [-0.39, 0.29) is 11.5 Å². The number of carbonyl (C=O) groups is 1. The van der Waals surface area contributed by atoms with Crippen LogP contribution in [0.1, 0.15) is 29.5 Å². The zero-order chi connectivity index (χ0) is 36.2. The number of methoxy groups -OCH3 is 5. The van der Waals surface area contributed by atoms with E-state index in [1.165, 1.54) is 24.9 Å². The Kier molecular flexibility index (Phi) is 14.1. The van der Waals surface area contributed by atoms with Crippen LogP contribution < -0.4 is 29.2 Å². The highest BCUT2D eigenvalue weighted by molar-refractivity contribution is 7.96. The Labute approximate surface area is 296 Å². The maximum atomic E-state index is 14.4. The van der Waals surface area contributed by atoms with E-state index in [9.17, 15) is 13.6 Å². The zero-order valence-electron chi connectivity index (χ0n) is 29.4. The van der Waals surface area contributed by atoms with Gasteiger partial charge in [0.15, 0.2) is 11.6 Å². The lowest BCUT2D eigenvalue weighted by Gasteiger charge is -2.27. The first kappa shape index (κ1) is 38.2. The summed E-state index contributed by atoms with van der Waals surface area (Å²) in [4.78, 5) is 19.9. The fourth-order valence-corrected chi connectivity index (χ4v) is 6.60. The molecule has 13 heteroatoms. The van der Waals surface area contributed by atoms with Crippen LogP contribution in [0, 0.1) is 18.6 Å². The Hall–Kier alpha value is -4.59. The van der Waals surface area contributed by atoms with Crippen molar-refractivity contribution >= 4 is 29.2 Å². The van der Waals surface area contributed by atoms with Crippen molar-refractivity contribution in [2.75, 3.05) is 59.4 Å². The van der Waals surface area contributed by atoms with Gasteiger partial charge in [0.25, 0.3) is 0 Å². The maximum absolute atomic E-state index is 14.4. The number of hydrogen-bond donors (Lipinski definition) is 1. The molecule has 1 unspecified atom stereocenters. The lowest BCUT2D eigenvalue weighted by molar-refractivity contribution is -0.117. The number of nitrogens with one attached hydrogen (secondary N) is 1. The van der Waals surface area contributed by atoms with Gasteiger partial charge in [0.1, 0.15) is 34.1 Å². The number of nitrogens with zero attached hydrogens (tertiary/aromatic N) is 3. The number of pyridine rings is 1. The summed E-state index contributed by atoms with van der Waals surface area (Å²) in [6, 6.07) is 17.0. The van der Waals surface area contributed by atoms with Crippen molar-refractivity contribution in [3.63, 3.8) is 0 Å². The molecule has 1 saturated heterocycles. The van der Waals surface area contributed by atoms with Gasteiger partial charge in [0.2, 0.25) is 5.91 Å². The van der Waals surface area contributed by atoms with Crippen molar-refractivity contribution in [2.24, 2.45) is 0 Å². The van der Waals surface area contributed by atoms with Gasteiger partial charge in [0, 0.05) is 80.2 Å². The topological polar surface area (TPSA) is 94.6 Å². The molecule has 0 bridgehead atoms. The average Bonchev–Trinajstić information content (AvgIpc) is 3.61. The van der Waals surface area contributed by atoms with E-state index < -0.39 is 17.7 Å². The molecule has 1 atom stereocenters. The van der Waals surface area contributed by atoms with Crippen LogP contribution >= 0.6 is 11.9 Å². The van der Waals surface area contributed by atoms with Crippen LogP contribution in [0.25, 0.3) is 0 Å². The zero-order valence-corrected chi connectivity index (χ0v) is 30.2. The Morgan fingerprint density at radius 3 is 2.04 bits per heavy atom. The molecule has 0 aliphatic carbocycles. The normalized spacial score (nSPS) is 13.8. The number of benzene rings is 3. The van der Waals surface area contributed by atoms with E-state index in [0.717, 1.165) is 23.6 Å². The average molecular weight is 711 g/mol. The maximum Gasteiger partial charge on any atom is 0.247 e. The minimum absolute atomic E-state index is 0.189. The van der Waals surface area contributed by atoms with Gasteiger partial charge in [-0.2, -0.15) is 0 Å². The molecule has 10 nitrogen and oxygen atoms in total. The van der Waals surface area contributed by atoms with Crippen LogP contribution in [-0.2, 0) is 22.6 Å². The minimum atomic E-state index is -0.904. The van der Waals surface area contributed by atoms with Crippen molar-refractivity contribution in [3.05, 3.63) is 95.2 Å². The van der Waals surface area contributed by atoms with Gasteiger partial charge in [-0.3, -0.25) is 4.79 Å². The molecule has 3 aromatic carbocycles. The van der Waals surface area contributed by atoms with E-state index in [4.69, 9.17) is 18.9 Å². The molecular formula is C37H44F2N4O6S. The van der Waals surface area contributed by atoms with Crippen molar-refractivity contribution < 1.29 is 37.3 Å². The number of rotatable bonds is 13. The van der Waals surface area contributed by atoms with Gasteiger partial charge >= 0.3 is 0 Å². The quantitative estimate of drug-likeness (QED) is 0.143. The fraction of sp³-hybridized carbons (Fsp3) is 0.351. The first-order valence-electron chi connectivity index (χ1n) is 15.9. The smallest absolute Gasteiger partial charge is 0.247 e. The number of hydrogen-bond acceptors (Lipinski definition) is 10. The standard InChI is InChI=1S/C35H38F2N4O5S.C2H6O/c1-22-29(13-12-28(36)34(22)37)41-16-6-7-30(41)35(42)39-25-14-15-38-33(17-25)47-40(20-23-8-10-26(43-2)18-31(23)45-4)21-24-9-11-27(44-3)19-32(24)46-5;1-3-2/h8-15,17-19,30H,6-7,16,20-21H2,1-5H3,(H,38,39,42);1-2H3. The summed E-state index contributed by atoms with van der Waals surface area (Å²) in [5.74, 6) is 0.716. The van der Waals surface area contributed by atoms with Gasteiger partial charge in [-0.25, -0.2) is 18.1 Å². The van der Waals surface area contributed by atoms with Crippen molar-refractivity contribution in [1.82, 2.24) is 9.29 Å². The summed E-state index contributed by atoms with van der Waals surface area (Å²) in [6.45, 7) is 3.06. The predicted molar refractivity (Wildman–Crippen MR) is 191 cm³/mol. The molecule has 1 fully saturated rings. The molecule has 1 amide bonds. The highest BCUT2D eigenvalue weighted by atomic mass is 32.2. The van der Waals surface area contributed by atoms with Crippen LogP contribution in [0.4, 0.5) is 20.2 Å². The van der Waals surface area contributed by atoms with Crippen LogP contribution in [0.15, 0.2) is 71.9 Å². The van der Waals surface area contributed by atoms with Crippen LogP contribution in [0.2, 0.25) is 0 Å². The highest BCUT2D eigenvalue weighted by Crippen LogP contribution is 2.35. The second-order valence-corrected chi connectivity index (χ2v) is 12.5. The summed E-state index contributed by atoms with van der Waals surface area (Å²) < 4.78 is 56.6.